The molecule has 0 aromatic heterocycles. The molecule has 0 radical (unpaired) electrons. The second-order valence-corrected chi connectivity index (χ2v) is 5.48. The van der Waals surface area contributed by atoms with Crippen LogP contribution in [0.15, 0.2) is 16.8 Å². The Balaban J connectivity index is 1.75. The number of rotatable bonds is 6. The van der Waals surface area contributed by atoms with Gasteiger partial charge < -0.3 is 32.0 Å². The van der Waals surface area contributed by atoms with Crippen molar-refractivity contribution in [1.82, 2.24) is 5.32 Å². The average molecular weight is 283 g/mol. The average Bonchev–Trinajstić information content (AvgIpc) is 2.37. The van der Waals surface area contributed by atoms with Crippen molar-refractivity contribution in [3.8, 4) is 0 Å². The number of nitrogens with one attached hydrogen (secondary N) is 1. The van der Waals surface area contributed by atoms with E-state index in [-0.39, 0.29) is 12.0 Å². The summed E-state index contributed by atoms with van der Waals surface area (Å²) in [5.41, 5.74) is 16.6. The standard InChI is InChI=1S/C13H25N5O2/c1-19-12-11(18-13(15)16)3-2-10(20-12)7-17-6-8-4-9(14)5-8/h2,8-9,11-12,17H,3-7,14H2,1H3,(H4,15,16,18)/t8?,9?,11-,12+/m1/s1. The molecular weight excluding hydrogens is 258 g/mol. The van der Waals surface area contributed by atoms with E-state index in [2.05, 4.69) is 10.3 Å². The van der Waals surface area contributed by atoms with Gasteiger partial charge in [-0.05, 0) is 37.8 Å². The van der Waals surface area contributed by atoms with Crippen molar-refractivity contribution in [2.75, 3.05) is 20.2 Å². The molecule has 2 aliphatic rings. The lowest BCUT2D eigenvalue weighted by atomic mass is 9.81. The van der Waals surface area contributed by atoms with E-state index >= 15 is 0 Å². The van der Waals surface area contributed by atoms with Gasteiger partial charge in [-0.25, -0.2) is 4.99 Å². The monoisotopic (exact) mass is 283 g/mol. The smallest absolute Gasteiger partial charge is 0.222 e. The van der Waals surface area contributed by atoms with E-state index in [1.807, 2.05) is 6.08 Å². The largest absolute Gasteiger partial charge is 0.466 e. The molecule has 1 saturated carbocycles. The summed E-state index contributed by atoms with van der Waals surface area (Å²) >= 11 is 0. The molecule has 1 heterocycles. The van der Waals surface area contributed by atoms with E-state index in [9.17, 15) is 0 Å². The highest BCUT2D eigenvalue weighted by Crippen LogP contribution is 2.25. The lowest BCUT2D eigenvalue weighted by Crippen LogP contribution is -2.42. The molecule has 20 heavy (non-hydrogen) atoms. The van der Waals surface area contributed by atoms with Gasteiger partial charge in [0.1, 0.15) is 11.8 Å². The van der Waals surface area contributed by atoms with Crippen LogP contribution in [0.5, 0.6) is 0 Å². The van der Waals surface area contributed by atoms with Crippen LogP contribution in [0, 0.1) is 5.92 Å². The van der Waals surface area contributed by atoms with E-state index in [4.69, 9.17) is 26.7 Å². The normalized spacial score (nSPS) is 32.8. The summed E-state index contributed by atoms with van der Waals surface area (Å²) in [5, 5.41) is 3.39. The van der Waals surface area contributed by atoms with Crippen LogP contribution in [0.25, 0.3) is 0 Å². The molecule has 0 spiro atoms. The lowest BCUT2D eigenvalue weighted by Gasteiger charge is -2.33. The van der Waals surface area contributed by atoms with Crippen molar-refractivity contribution in [3.63, 3.8) is 0 Å². The number of hydrogen-bond donors (Lipinski definition) is 4. The van der Waals surface area contributed by atoms with Crippen LogP contribution in [-0.4, -0.2) is 44.5 Å². The van der Waals surface area contributed by atoms with Crippen molar-refractivity contribution in [1.29, 1.82) is 0 Å². The molecule has 1 fully saturated rings. The number of nitrogens with two attached hydrogens (primary N) is 3. The molecule has 114 valence electrons. The second kappa shape index (κ2) is 6.92. The minimum Gasteiger partial charge on any atom is -0.466 e. The predicted molar refractivity (Wildman–Crippen MR) is 77.7 cm³/mol. The zero-order chi connectivity index (χ0) is 14.5. The minimum atomic E-state index is -0.434. The topological polar surface area (TPSA) is 121 Å². The van der Waals surface area contributed by atoms with Gasteiger partial charge in [-0.3, -0.25) is 0 Å². The summed E-state index contributed by atoms with van der Waals surface area (Å²) in [6.07, 6.45) is 4.50. The molecule has 0 saturated heterocycles. The Labute approximate surface area is 119 Å². The molecule has 2 rings (SSSR count). The van der Waals surface area contributed by atoms with Gasteiger partial charge >= 0.3 is 0 Å². The van der Waals surface area contributed by atoms with Gasteiger partial charge in [0.15, 0.2) is 5.96 Å². The zero-order valence-electron chi connectivity index (χ0n) is 11.9. The van der Waals surface area contributed by atoms with Gasteiger partial charge in [0.2, 0.25) is 6.29 Å². The van der Waals surface area contributed by atoms with E-state index in [0.29, 0.717) is 24.9 Å². The summed E-state index contributed by atoms with van der Waals surface area (Å²) in [6, 6.07) is 0.212. The minimum absolute atomic E-state index is 0.0527. The van der Waals surface area contributed by atoms with Crippen LogP contribution in [0.4, 0.5) is 0 Å². The molecule has 0 unspecified atom stereocenters. The first-order chi connectivity index (χ1) is 9.58. The van der Waals surface area contributed by atoms with Gasteiger partial charge in [0.25, 0.3) is 0 Å². The zero-order valence-corrected chi connectivity index (χ0v) is 11.9. The Bertz CT molecular complexity index is 375. The maximum atomic E-state index is 5.76. The third-order valence-electron chi connectivity index (χ3n) is 3.72. The molecule has 7 nitrogen and oxygen atoms in total. The van der Waals surface area contributed by atoms with Crippen molar-refractivity contribution in [2.45, 2.75) is 37.6 Å². The third kappa shape index (κ3) is 4.09. The molecule has 0 aromatic carbocycles. The Hall–Kier alpha value is -1.31. The van der Waals surface area contributed by atoms with Gasteiger partial charge in [0, 0.05) is 13.2 Å². The highest BCUT2D eigenvalue weighted by molar-refractivity contribution is 5.75. The first-order valence-corrected chi connectivity index (χ1v) is 7.02. The van der Waals surface area contributed by atoms with Gasteiger partial charge in [-0.1, -0.05) is 0 Å². The van der Waals surface area contributed by atoms with E-state index in [1.54, 1.807) is 7.11 Å². The van der Waals surface area contributed by atoms with Gasteiger partial charge in [-0.2, -0.15) is 0 Å². The highest BCUT2D eigenvalue weighted by atomic mass is 16.7. The summed E-state index contributed by atoms with van der Waals surface area (Å²) in [7, 11) is 1.59. The van der Waals surface area contributed by atoms with E-state index < -0.39 is 6.29 Å². The molecule has 1 aliphatic heterocycles. The van der Waals surface area contributed by atoms with Gasteiger partial charge in [-0.15, -0.1) is 0 Å². The molecule has 7 N–H and O–H groups in total. The van der Waals surface area contributed by atoms with Crippen molar-refractivity contribution in [3.05, 3.63) is 11.8 Å². The molecule has 0 bridgehead atoms. The van der Waals surface area contributed by atoms with Crippen LogP contribution < -0.4 is 22.5 Å². The summed E-state index contributed by atoms with van der Waals surface area (Å²) in [6.45, 7) is 1.67. The van der Waals surface area contributed by atoms with Crippen molar-refractivity contribution >= 4 is 5.96 Å². The van der Waals surface area contributed by atoms with Crippen LogP contribution in [0.1, 0.15) is 19.3 Å². The molecule has 0 amide bonds. The first kappa shape index (κ1) is 15.1. The summed E-state index contributed by atoms with van der Waals surface area (Å²) < 4.78 is 11.0. The van der Waals surface area contributed by atoms with E-state index in [0.717, 1.165) is 25.1 Å². The maximum Gasteiger partial charge on any atom is 0.222 e. The summed E-state index contributed by atoms with van der Waals surface area (Å²) in [5.74, 6) is 1.63. The van der Waals surface area contributed by atoms with Gasteiger partial charge in [0.05, 0.1) is 6.54 Å². The highest BCUT2D eigenvalue weighted by Gasteiger charge is 2.28. The Morgan fingerprint density at radius 2 is 2.25 bits per heavy atom. The maximum absolute atomic E-state index is 5.76. The van der Waals surface area contributed by atoms with Crippen LogP contribution >= 0.6 is 0 Å². The summed E-state index contributed by atoms with van der Waals surface area (Å²) in [4.78, 5) is 4.11. The van der Waals surface area contributed by atoms with Crippen LogP contribution in [-0.2, 0) is 9.47 Å². The molecule has 1 aliphatic carbocycles. The number of nitrogens with zero attached hydrogens (tertiary/aromatic N) is 1. The number of guanidine groups is 1. The number of methoxy groups -OCH3 is 1. The fourth-order valence-electron chi connectivity index (χ4n) is 2.62. The van der Waals surface area contributed by atoms with E-state index in [1.165, 1.54) is 0 Å². The SMILES string of the molecule is CO[C@H]1OC(CNCC2CC(N)C2)=CC[C@H]1N=C(N)N. The molecule has 2 atom stereocenters. The first-order valence-electron chi connectivity index (χ1n) is 7.02. The predicted octanol–water partition coefficient (Wildman–Crippen LogP) is -0.768. The fourth-order valence-corrected chi connectivity index (χ4v) is 2.62. The second-order valence-electron chi connectivity index (χ2n) is 5.48. The number of ether oxygens (including phenoxy) is 2. The number of hydrogen-bond acceptors (Lipinski definition) is 5. The molecular formula is C13H25N5O2. The third-order valence-corrected chi connectivity index (χ3v) is 3.72. The fraction of sp³-hybridized carbons (Fsp3) is 0.769. The Kier molecular flexibility index (Phi) is 5.22. The molecule has 0 aromatic rings. The molecule has 7 heteroatoms. The Morgan fingerprint density at radius 3 is 2.85 bits per heavy atom. The lowest BCUT2D eigenvalue weighted by molar-refractivity contribution is -0.116. The quantitative estimate of drug-likeness (QED) is 0.375. The Morgan fingerprint density at radius 1 is 1.50 bits per heavy atom. The van der Waals surface area contributed by atoms with Crippen molar-refractivity contribution < 1.29 is 9.47 Å². The number of aliphatic imine (C=N–C) groups is 1. The van der Waals surface area contributed by atoms with Crippen molar-refractivity contribution in [2.24, 2.45) is 28.1 Å². The van der Waals surface area contributed by atoms with Crippen LogP contribution in [0.2, 0.25) is 0 Å². The van der Waals surface area contributed by atoms with Crippen LogP contribution in [0.3, 0.4) is 0 Å².